The minimum atomic E-state index is -0.966. The smallest absolute Gasteiger partial charge is 0.230 e. The van der Waals surface area contributed by atoms with Crippen molar-refractivity contribution in [1.29, 1.82) is 0 Å². The van der Waals surface area contributed by atoms with Gasteiger partial charge in [-0.25, -0.2) is 4.39 Å². The third-order valence-electron chi connectivity index (χ3n) is 5.70. The number of amides is 1. The van der Waals surface area contributed by atoms with Gasteiger partial charge in [0.05, 0.1) is 12.1 Å². The minimum absolute atomic E-state index is 0.0903. The van der Waals surface area contributed by atoms with Crippen molar-refractivity contribution in [3.8, 4) is 0 Å². The molecule has 1 fully saturated rings. The number of aliphatic hydroxyl groups is 1. The van der Waals surface area contributed by atoms with Crippen LogP contribution in [0.25, 0.3) is 0 Å². The second kappa shape index (κ2) is 6.16. The van der Waals surface area contributed by atoms with Gasteiger partial charge in [0.2, 0.25) is 5.91 Å². The van der Waals surface area contributed by atoms with Crippen molar-refractivity contribution >= 4 is 5.91 Å². The number of hydrogen-bond acceptors (Lipinski definition) is 4. The second-order valence-electron chi connectivity index (χ2n) is 7.66. The summed E-state index contributed by atoms with van der Waals surface area (Å²) in [6, 6.07) is 4.69. The van der Waals surface area contributed by atoms with Gasteiger partial charge in [0.15, 0.2) is 0 Å². The van der Waals surface area contributed by atoms with Gasteiger partial charge in [-0.15, -0.1) is 5.10 Å². The number of benzene rings is 1. The largest absolute Gasteiger partial charge is 0.384 e. The van der Waals surface area contributed by atoms with E-state index in [2.05, 4.69) is 10.3 Å². The van der Waals surface area contributed by atoms with E-state index in [1.54, 1.807) is 23.9 Å². The first-order chi connectivity index (χ1) is 12.4. The zero-order valence-electron chi connectivity index (χ0n) is 15.0. The molecule has 2 aromatic rings. The summed E-state index contributed by atoms with van der Waals surface area (Å²) in [6.45, 7) is 5.66. The van der Waals surface area contributed by atoms with Gasteiger partial charge in [0.1, 0.15) is 17.1 Å². The molecule has 1 aromatic carbocycles. The van der Waals surface area contributed by atoms with Gasteiger partial charge >= 0.3 is 0 Å². The molecule has 2 heterocycles. The highest BCUT2D eigenvalue weighted by Gasteiger charge is 2.40. The quantitative estimate of drug-likeness (QED) is 0.885. The van der Waals surface area contributed by atoms with Crippen LogP contribution < -0.4 is 0 Å². The van der Waals surface area contributed by atoms with E-state index >= 15 is 0 Å². The van der Waals surface area contributed by atoms with Crippen LogP contribution in [0.3, 0.4) is 0 Å². The molecule has 2 unspecified atom stereocenters. The van der Waals surface area contributed by atoms with Crippen LogP contribution in [0.1, 0.15) is 43.0 Å². The number of carbonyl (C=O) groups excluding carboxylic acids is 1. The third kappa shape index (κ3) is 2.90. The topological polar surface area (TPSA) is 71.2 Å². The Morgan fingerprint density at radius 3 is 2.92 bits per heavy atom. The summed E-state index contributed by atoms with van der Waals surface area (Å²) >= 11 is 0. The Bertz CT molecular complexity index is 842. The molecular formula is C19H23FN4O2. The SMILES string of the molecule is CCC(C)(O)c1cn(CC2CN(C(=O)C3Cc4ccc(F)cc43)C2)nn1. The first kappa shape index (κ1) is 17.1. The molecule has 1 aliphatic heterocycles. The molecule has 1 amide bonds. The zero-order valence-corrected chi connectivity index (χ0v) is 15.0. The van der Waals surface area contributed by atoms with Crippen LogP contribution in [-0.2, 0) is 23.4 Å². The van der Waals surface area contributed by atoms with E-state index in [0.29, 0.717) is 44.1 Å². The van der Waals surface area contributed by atoms with Crippen LogP contribution in [0.2, 0.25) is 0 Å². The molecule has 0 radical (unpaired) electrons. The number of aromatic nitrogens is 3. The van der Waals surface area contributed by atoms with Gasteiger partial charge in [-0.3, -0.25) is 9.48 Å². The zero-order chi connectivity index (χ0) is 18.5. The van der Waals surface area contributed by atoms with Gasteiger partial charge in [-0.05, 0) is 43.0 Å². The Kier molecular flexibility index (Phi) is 4.06. The van der Waals surface area contributed by atoms with E-state index in [9.17, 15) is 14.3 Å². The first-order valence-electron chi connectivity index (χ1n) is 9.07. The number of hydrogen-bond donors (Lipinski definition) is 1. The fraction of sp³-hybridized carbons (Fsp3) is 0.526. The molecule has 6 nitrogen and oxygen atoms in total. The fourth-order valence-corrected chi connectivity index (χ4v) is 3.66. The average molecular weight is 358 g/mol. The van der Waals surface area contributed by atoms with Gasteiger partial charge in [0.25, 0.3) is 0 Å². The summed E-state index contributed by atoms with van der Waals surface area (Å²) in [5.41, 5.74) is 1.51. The van der Waals surface area contributed by atoms with Crippen LogP contribution in [0, 0.1) is 11.7 Å². The van der Waals surface area contributed by atoms with E-state index < -0.39 is 5.60 Å². The molecule has 138 valence electrons. The molecule has 1 aromatic heterocycles. The summed E-state index contributed by atoms with van der Waals surface area (Å²) in [5, 5.41) is 18.4. The van der Waals surface area contributed by atoms with Crippen molar-refractivity contribution in [2.24, 2.45) is 5.92 Å². The summed E-state index contributed by atoms with van der Waals surface area (Å²) in [6.07, 6.45) is 3.05. The maximum atomic E-state index is 13.4. The Morgan fingerprint density at radius 2 is 2.19 bits per heavy atom. The van der Waals surface area contributed by atoms with Gasteiger partial charge in [0, 0.05) is 25.6 Å². The van der Waals surface area contributed by atoms with Crippen molar-refractivity contribution in [3.05, 3.63) is 47.0 Å². The molecule has 2 aliphatic rings. The number of carbonyl (C=O) groups is 1. The van der Waals surface area contributed by atoms with Crippen LogP contribution >= 0.6 is 0 Å². The molecule has 0 saturated carbocycles. The normalized spacial score (nSPS) is 21.5. The van der Waals surface area contributed by atoms with E-state index in [-0.39, 0.29) is 17.6 Å². The van der Waals surface area contributed by atoms with Gasteiger partial charge in [-0.1, -0.05) is 18.2 Å². The highest BCUT2D eigenvalue weighted by Crippen LogP contribution is 2.38. The predicted octanol–water partition coefficient (Wildman–Crippen LogP) is 1.83. The van der Waals surface area contributed by atoms with E-state index in [0.717, 1.165) is 11.1 Å². The molecule has 26 heavy (non-hydrogen) atoms. The minimum Gasteiger partial charge on any atom is -0.384 e. The average Bonchev–Trinajstić information content (AvgIpc) is 3.03. The van der Waals surface area contributed by atoms with E-state index in [4.69, 9.17) is 0 Å². The highest BCUT2D eigenvalue weighted by atomic mass is 19.1. The number of fused-ring (bicyclic) bond motifs is 1. The van der Waals surface area contributed by atoms with E-state index in [1.807, 2.05) is 11.8 Å². The van der Waals surface area contributed by atoms with E-state index in [1.165, 1.54) is 12.1 Å². The van der Waals surface area contributed by atoms with Crippen LogP contribution in [-0.4, -0.2) is 44.0 Å². The molecule has 1 aliphatic carbocycles. The monoisotopic (exact) mass is 358 g/mol. The summed E-state index contributed by atoms with van der Waals surface area (Å²) in [5.74, 6) is -0.0633. The lowest BCUT2D eigenvalue weighted by atomic mass is 9.76. The van der Waals surface area contributed by atoms with Gasteiger partial charge in [-0.2, -0.15) is 0 Å². The second-order valence-corrected chi connectivity index (χ2v) is 7.66. The molecule has 4 rings (SSSR count). The lowest BCUT2D eigenvalue weighted by Gasteiger charge is -2.43. The van der Waals surface area contributed by atoms with Crippen molar-refractivity contribution in [2.75, 3.05) is 13.1 Å². The van der Waals surface area contributed by atoms with Crippen LogP contribution in [0.4, 0.5) is 4.39 Å². The Morgan fingerprint density at radius 1 is 1.42 bits per heavy atom. The number of rotatable bonds is 5. The Labute approximate surface area is 151 Å². The number of halogens is 1. The molecule has 1 N–H and O–H groups in total. The van der Waals surface area contributed by atoms with Crippen molar-refractivity contribution in [3.63, 3.8) is 0 Å². The highest BCUT2D eigenvalue weighted by molar-refractivity contribution is 5.87. The first-order valence-corrected chi connectivity index (χ1v) is 9.07. The van der Waals surface area contributed by atoms with Crippen LogP contribution in [0.5, 0.6) is 0 Å². The Balaban J connectivity index is 1.32. The summed E-state index contributed by atoms with van der Waals surface area (Å²) < 4.78 is 15.1. The molecule has 1 saturated heterocycles. The lowest BCUT2D eigenvalue weighted by molar-refractivity contribution is -0.140. The Hall–Kier alpha value is -2.28. The summed E-state index contributed by atoms with van der Waals surface area (Å²) in [7, 11) is 0. The van der Waals surface area contributed by atoms with Crippen molar-refractivity contribution in [2.45, 2.75) is 44.8 Å². The number of likely N-dealkylation sites (tertiary alicyclic amines) is 1. The maximum absolute atomic E-state index is 13.4. The standard InChI is InChI=1S/C19H23FN4O2/c1-3-19(2,26)17-11-24(22-21-17)10-12-8-23(9-12)18(25)16-6-13-4-5-14(20)7-15(13)16/h4-5,7,11-12,16,26H,3,6,8-10H2,1-2H3. The van der Waals surface area contributed by atoms with Crippen LogP contribution in [0.15, 0.2) is 24.4 Å². The van der Waals surface area contributed by atoms with Crippen molar-refractivity contribution in [1.82, 2.24) is 19.9 Å². The molecule has 2 atom stereocenters. The summed E-state index contributed by atoms with van der Waals surface area (Å²) in [4.78, 5) is 14.4. The molecule has 7 heteroatoms. The molecule has 0 bridgehead atoms. The number of nitrogens with zero attached hydrogens (tertiary/aromatic N) is 4. The third-order valence-corrected chi connectivity index (χ3v) is 5.70. The van der Waals surface area contributed by atoms with Crippen molar-refractivity contribution < 1.29 is 14.3 Å². The maximum Gasteiger partial charge on any atom is 0.230 e. The lowest BCUT2D eigenvalue weighted by Crippen LogP contribution is -2.54. The molecule has 0 spiro atoms. The predicted molar refractivity (Wildman–Crippen MR) is 92.8 cm³/mol. The molecular weight excluding hydrogens is 335 g/mol. The van der Waals surface area contributed by atoms with Gasteiger partial charge < -0.3 is 10.0 Å². The fourth-order valence-electron chi connectivity index (χ4n) is 3.66.